The summed E-state index contributed by atoms with van der Waals surface area (Å²) in [4.78, 5) is 49.9. The Hall–Kier alpha value is -3.44. The molecule has 83 heavy (non-hydrogen) atoms. The molecule has 8 rings (SSSR count). The van der Waals surface area contributed by atoms with Crippen molar-refractivity contribution in [3.8, 4) is 0 Å². The zero-order valence-corrected chi connectivity index (χ0v) is 46.4. The third-order valence-electron chi connectivity index (χ3n) is 17.6. The van der Waals surface area contributed by atoms with Crippen LogP contribution < -0.4 is 0 Å². The molecule has 4 saturated heterocycles. The predicted octanol–water partition coefficient (Wildman–Crippen LogP) is -3.11. The van der Waals surface area contributed by atoms with Crippen molar-refractivity contribution in [1.29, 1.82) is 0 Å². The molecule has 4 aliphatic carbocycles. The molecule has 4 saturated carbocycles. The Bertz CT molecular complexity index is 2160. The molecule has 0 aromatic heterocycles. The molecule has 8 aliphatic rings. The number of carboxylic acid groups (broad SMARTS) is 1. The number of rotatable bonds is 20. The number of aliphatic hydroxyl groups excluding tert-OH is 11. The molecule has 12 unspecified atom stereocenters. The van der Waals surface area contributed by atoms with E-state index in [1.807, 2.05) is 0 Å². The summed E-state index contributed by atoms with van der Waals surface area (Å²) in [6.45, 7) is -1.93. The SMILES string of the molecule is COC1CC(C=CC(=O)OC[C@H]2O[C@@H](OC3CC4C(CC(O)CC4O[C@@H]4O[C@H](COC(=O)CC(=O)O)[C@@H](O)[C@H](O)[C@H]4O)OC3C3CCC(O)CC3)[C@H](O[C@@H]3OC[C@@H](O)[C@H](O)[C@H]3OC(=O)C=CC3CCC(O)C(OC)C3)[C@@H](O)[C@@H]2O)CCC1O. The van der Waals surface area contributed by atoms with Gasteiger partial charge in [-0.05, 0) is 94.8 Å². The smallest absolute Gasteiger partial charge is 0.330 e. The van der Waals surface area contributed by atoms with Gasteiger partial charge in [0, 0.05) is 38.7 Å². The molecular formula is C55H84O28. The van der Waals surface area contributed by atoms with Crippen molar-refractivity contribution in [3.05, 3.63) is 24.3 Å². The largest absolute Gasteiger partial charge is 0.481 e. The fourth-order valence-electron chi connectivity index (χ4n) is 12.8. The van der Waals surface area contributed by atoms with Gasteiger partial charge in [0.1, 0.15) is 80.7 Å². The van der Waals surface area contributed by atoms with Crippen LogP contribution in [0.1, 0.15) is 89.9 Å². The fraction of sp³-hybridized carbons (Fsp3) is 0.855. The van der Waals surface area contributed by atoms with Crippen LogP contribution in [0.25, 0.3) is 0 Å². The standard InChI is InChI=1S/C55H84O28/c1-72-35-15-24(3-11-30(35)58)5-13-41(63)74-22-39-46(68)48(70)52(83-54-51(44(66)32(60)21-76-54)82-42(64)14-6-25-4-12-31(59)36(16-25)73-2)55(81-39)79-37-19-29-33(77-50(37)26-7-9-27(56)10-8-26)17-28(57)18-34(29)78-53-49(71)47(69)45(67)38(80-53)23-75-43(65)20-40(61)62/h5-6,13-14,24-39,44-60,66-71H,3-4,7-12,15-23H2,1-2H3,(H,61,62)/t24?,25?,26?,27?,28?,29?,30?,31?,32-,33?,34?,35?,36?,37?,38-,39-,44+,45-,46-,47+,48+,49-,50?,51-,52-,53-,54+,55-/m1/s1. The second-order valence-electron chi connectivity index (χ2n) is 23.3. The summed E-state index contributed by atoms with van der Waals surface area (Å²) in [6, 6.07) is 0. The van der Waals surface area contributed by atoms with Gasteiger partial charge in [-0.3, -0.25) is 9.59 Å². The highest BCUT2D eigenvalue weighted by atomic mass is 16.8. The minimum absolute atomic E-state index is 0.0102. The van der Waals surface area contributed by atoms with Crippen LogP contribution in [0.4, 0.5) is 0 Å². The van der Waals surface area contributed by atoms with Gasteiger partial charge in [0.25, 0.3) is 0 Å². The zero-order valence-electron chi connectivity index (χ0n) is 46.4. The molecule has 4 aliphatic heterocycles. The molecule has 472 valence electrons. The van der Waals surface area contributed by atoms with Crippen LogP contribution in [0.5, 0.6) is 0 Å². The average molecular weight is 1190 g/mol. The Kier molecular flexibility index (Phi) is 23.7. The summed E-state index contributed by atoms with van der Waals surface area (Å²) >= 11 is 0. The van der Waals surface area contributed by atoms with Crippen LogP contribution in [0.3, 0.4) is 0 Å². The average Bonchev–Trinajstić information content (AvgIpc) is 3.62. The van der Waals surface area contributed by atoms with E-state index >= 15 is 0 Å². The maximum absolute atomic E-state index is 13.5. The van der Waals surface area contributed by atoms with E-state index in [2.05, 4.69) is 0 Å². The number of carboxylic acids is 1. The Morgan fingerprint density at radius 2 is 1.10 bits per heavy atom. The summed E-state index contributed by atoms with van der Waals surface area (Å²) in [5, 5.41) is 130. The lowest BCUT2D eigenvalue weighted by Gasteiger charge is -2.52. The van der Waals surface area contributed by atoms with Crippen LogP contribution >= 0.6 is 0 Å². The number of ether oxygens (including phenoxy) is 12. The highest BCUT2D eigenvalue weighted by molar-refractivity contribution is 5.90. The maximum atomic E-state index is 13.5. The Morgan fingerprint density at radius 1 is 0.506 bits per heavy atom. The molecule has 0 aromatic carbocycles. The van der Waals surface area contributed by atoms with Crippen molar-refractivity contribution in [2.24, 2.45) is 23.7 Å². The number of carbonyl (C=O) groups excluding carboxylic acids is 3. The highest BCUT2D eigenvalue weighted by Crippen LogP contribution is 2.45. The molecule has 0 bridgehead atoms. The molecule has 0 aromatic rings. The molecule has 26 atom stereocenters. The van der Waals surface area contributed by atoms with Crippen LogP contribution in [0.15, 0.2) is 24.3 Å². The van der Waals surface area contributed by atoms with Gasteiger partial charge in [-0.1, -0.05) is 12.2 Å². The number of esters is 3. The van der Waals surface area contributed by atoms with E-state index < -0.39 is 203 Å². The molecule has 0 radical (unpaired) electrons. The number of methoxy groups -OCH3 is 2. The number of aliphatic carboxylic acids is 1. The van der Waals surface area contributed by atoms with Crippen molar-refractivity contribution in [2.45, 2.75) is 237 Å². The van der Waals surface area contributed by atoms with E-state index in [4.69, 9.17) is 61.9 Å². The third kappa shape index (κ3) is 16.8. The molecule has 0 spiro atoms. The molecule has 4 heterocycles. The second-order valence-corrected chi connectivity index (χ2v) is 23.3. The van der Waals surface area contributed by atoms with Crippen LogP contribution in [0.2, 0.25) is 0 Å². The van der Waals surface area contributed by atoms with Crippen molar-refractivity contribution in [1.82, 2.24) is 0 Å². The van der Waals surface area contributed by atoms with E-state index in [0.29, 0.717) is 64.2 Å². The van der Waals surface area contributed by atoms with E-state index in [1.54, 1.807) is 12.2 Å². The van der Waals surface area contributed by atoms with Crippen molar-refractivity contribution in [3.63, 3.8) is 0 Å². The summed E-state index contributed by atoms with van der Waals surface area (Å²) < 4.78 is 71.5. The zero-order chi connectivity index (χ0) is 59.8. The molecule has 28 heteroatoms. The van der Waals surface area contributed by atoms with E-state index in [9.17, 15) is 75.3 Å². The minimum Gasteiger partial charge on any atom is -0.481 e. The second kappa shape index (κ2) is 30.0. The normalized spacial score (nSPS) is 45.3. The maximum Gasteiger partial charge on any atom is 0.330 e. The first-order valence-corrected chi connectivity index (χ1v) is 28.8. The van der Waals surface area contributed by atoms with Crippen LogP contribution in [-0.2, 0) is 76.0 Å². The van der Waals surface area contributed by atoms with Crippen molar-refractivity contribution < 1.29 is 137 Å². The van der Waals surface area contributed by atoms with Gasteiger partial charge in [-0.2, -0.15) is 0 Å². The van der Waals surface area contributed by atoms with E-state index in [1.165, 1.54) is 20.3 Å². The van der Waals surface area contributed by atoms with Crippen LogP contribution in [-0.4, -0.2) is 266 Å². The summed E-state index contributed by atoms with van der Waals surface area (Å²) in [7, 11) is 2.95. The van der Waals surface area contributed by atoms with Gasteiger partial charge in [0.05, 0.1) is 67.6 Å². The number of allylic oxidation sites excluding steroid dienone is 2. The quantitative estimate of drug-likeness (QED) is 0.0248. The molecule has 8 fully saturated rings. The van der Waals surface area contributed by atoms with Crippen molar-refractivity contribution in [2.75, 3.05) is 34.0 Å². The number of carbonyl (C=O) groups is 4. The first kappa shape index (κ1) is 65.5. The fourth-order valence-corrected chi connectivity index (χ4v) is 12.8. The van der Waals surface area contributed by atoms with E-state index in [-0.39, 0.29) is 37.0 Å². The molecular weight excluding hydrogens is 1110 g/mol. The summed E-state index contributed by atoms with van der Waals surface area (Å²) in [5.41, 5.74) is 0. The van der Waals surface area contributed by atoms with Gasteiger partial charge in [-0.25, -0.2) is 9.59 Å². The monoisotopic (exact) mass is 1190 g/mol. The lowest BCUT2D eigenvalue weighted by Crippen LogP contribution is -2.65. The number of hydrogen-bond donors (Lipinski definition) is 12. The topological polar surface area (TPSA) is 422 Å². The molecule has 12 N–H and O–H groups in total. The van der Waals surface area contributed by atoms with Gasteiger partial charge in [0.2, 0.25) is 0 Å². The lowest BCUT2D eigenvalue weighted by molar-refractivity contribution is -0.373. The van der Waals surface area contributed by atoms with E-state index in [0.717, 1.165) is 6.08 Å². The first-order chi connectivity index (χ1) is 39.6. The molecule has 28 nitrogen and oxygen atoms in total. The third-order valence-corrected chi connectivity index (χ3v) is 17.6. The number of fused-ring (bicyclic) bond motifs is 1. The van der Waals surface area contributed by atoms with Gasteiger partial charge < -0.3 is 118 Å². The van der Waals surface area contributed by atoms with Gasteiger partial charge in [0.15, 0.2) is 25.0 Å². The Balaban J connectivity index is 1.05. The summed E-state index contributed by atoms with van der Waals surface area (Å²) in [6.07, 6.45) is -23.3. The highest BCUT2D eigenvalue weighted by Gasteiger charge is 2.56. The molecule has 0 amide bonds. The van der Waals surface area contributed by atoms with Gasteiger partial charge in [-0.15, -0.1) is 0 Å². The van der Waals surface area contributed by atoms with Gasteiger partial charge >= 0.3 is 23.9 Å². The Labute approximate surface area is 479 Å². The first-order valence-electron chi connectivity index (χ1n) is 28.8. The van der Waals surface area contributed by atoms with Crippen LogP contribution in [0, 0.1) is 23.7 Å². The Morgan fingerprint density at radius 3 is 1.72 bits per heavy atom. The summed E-state index contributed by atoms with van der Waals surface area (Å²) in [5.74, 6) is -5.79. The van der Waals surface area contributed by atoms with Crippen molar-refractivity contribution >= 4 is 23.9 Å². The number of hydrogen-bond acceptors (Lipinski definition) is 27. The minimum atomic E-state index is -1.98. The predicted molar refractivity (Wildman–Crippen MR) is 274 cm³/mol. The lowest BCUT2D eigenvalue weighted by atomic mass is 9.73. The number of aliphatic hydroxyl groups is 11.